The number of nitrogens with zero attached hydrogens (tertiary/aromatic N) is 2. The van der Waals surface area contributed by atoms with E-state index in [0.29, 0.717) is 15.6 Å². The zero-order chi connectivity index (χ0) is 17.9. The maximum Gasteiger partial charge on any atom is 0.251 e. The van der Waals surface area contributed by atoms with Crippen LogP contribution < -0.4 is 5.32 Å². The number of benzene rings is 2. The van der Waals surface area contributed by atoms with Gasteiger partial charge in [0.1, 0.15) is 0 Å². The molecule has 1 fully saturated rings. The molecule has 1 N–H and O–H groups in total. The molecule has 0 unspecified atom stereocenters. The molecule has 2 aromatic carbocycles. The Morgan fingerprint density at radius 1 is 1.15 bits per heavy atom. The fourth-order valence-electron chi connectivity index (χ4n) is 4.26. The van der Waals surface area contributed by atoms with Crippen molar-refractivity contribution in [1.29, 1.82) is 0 Å². The van der Waals surface area contributed by atoms with Crippen molar-refractivity contribution in [3.63, 3.8) is 0 Å². The van der Waals surface area contributed by atoms with Crippen LogP contribution in [0.2, 0.25) is 10.0 Å². The van der Waals surface area contributed by atoms with Crippen LogP contribution in [0.1, 0.15) is 28.8 Å². The largest absolute Gasteiger partial charge is 0.349 e. The lowest BCUT2D eigenvalue weighted by molar-refractivity contribution is 0.0836. The standard InChI is InChI=1S/C20H15Cl2N3O/c21-16-6-5-12(7-17(16)22)19(26)24-13-8-20(9-13)15-4-2-1-3-14(15)18-10-23-11-25(18)20/h1-7,10-11,13H,8-9H2,(H,24,26). The molecule has 1 aromatic heterocycles. The summed E-state index contributed by atoms with van der Waals surface area (Å²) in [7, 11) is 0. The van der Waals surface area contributed by atoms with Crippen LogP contribution in [0, 0.1) is 0 Å². The van der Waals surface area contributed by atoms with Gasteiger partial charge < -0.3 is 9.88 Å². The van der Waals surface area contributed by atoms with Crippen molar-refractivity contribution in [1.82, 2.24) is 14.9 Å². The van der Waals surface area contributed by atoms with Crippen molar-refractivity contribution in [2.24, 2.45) is 0 Å². The first-order valence-corrected chi connectivity index (χ1v) is 9.23. The van der Waals surface area contributed by atoms with Crippen molar-refractivity contribution < 1.29 is 4.79 Å². The Labute approximate surface area is 160 Å². The molecule has 1 aliphatic carbocycles. The number of imidazole rings is 1. The lowest BCUT2D eigenvalue weighted by atomic mass is 9.68. The van der Waals surface area contributed by atoms with E-state index in [1.54, 1.807) is 18.2 Å². The Morgan fingerprint density at radius 2 is 1.96 bits per heavy atom. The van der Waals surface area contributed by atoms with Crippen molar-refractivity contribution in [3.8, 4) is 11.3 Å². The van der Waals surface area contributed by atoms with Gasteiger partial charge in [0.2, 0.25) is 0 Å². The normalized spacial score (nSPS) is 22.6. The van der Waals surface area contributed by atoms with Crippen LogP contribution in [0.15, 0.2) is 55.0 Å². The minimum atomic E-state index is -0.124. The molecule has 0 radical (unpaired) electrons. The van der Waals surface area contributed by atoms with Crippen molar-refractivity contribution in [2.45, 2.75) is 24.4 Å². The maximum absolute atomic E-state index is 12.5. The molecule has 2 heterocycles. The zero-order valence-corrected chi connectivity index (χ0v) is 15.3. The van der Waals surface area contributed by atoms with Gasteiger partial charge >= 0.3 is 0 Å². The van der Waals surface area contributed by atoms with Gasteiger partial charge in [-0.3, -0.25) is 4.79 Å². The van der Waals surface area contributed by atoms with E-state index in [1.807, 2.05) is 12.5 Å². The first kappa shape index (κ1) is 15.9. The van der Waals surface area contributed by atoms with E-state index in [0.717, 1.165) is 18.5 Å². The summed E-state index contributed by atoms with van der Waals surface area (Å²) in [6.45, 7) is 0. The molecule has 2 aliphatic rings. The highest BCUT2D eigenvalue weighted by atomic mass is 35.5. The number of hydrogen-bond donors (Lipinski definition) is 1. The summed E-state index contributed by atoms with van der Waals surface area (Å²) in [5.41, 5.74) is 4.12. The Bertz CT molecular complexity index is 1040. The van der Waals surface area contributed by atoms with Gasteiger partial charge in [0.25, 0.3) is 5.91 Å². The van der Waals surface area contributed by atoms with Gasteiger partial charge in [-0.25, -0.2) is 4.98 Å². The lowest BCUT2D eigenvalue weighted by Crippen LogP contribution is -2.55. The van der Waals surface area contributed by atoms with Crippen molar-refractivity contribution >= 4 is 29.1 Å². The van der Waals surface area contributed by atoms with E-state index in [-0.39, 0.29) is 17.5 Å². The van der Waals surface area contributed by atoms with E-state index >= 15 is 0 Å². The first-order valence-electron chi connectivity index (χ1n) is 8.47. The Morgan fingerprint density at radius 3 is 2.77 bits per heavy atom. The summed E-state index contributed by atoms with van der Waals surface area (Å²) < 4.78 is 2.25. The van der Waals surface area contributed by atoms with Crippen molar-refractivity contribution in [3.05, 3.63) is 76.2 Å². The van der Waals surface area contributed by atoms with Gasteiger partial charge in [-0.05, 0) is 36.6 Å². The predicted molar refractivity (Wildman–Crippen MR) is 102 cm³/mol. The van der Waals surface area contributed by atoms with E-state index in [9.17, 15) is 4.79 Å². The summed E-state index contributed by atoms with van der Waals surface area (Å²) in [6, 6.07) is 13.5. The van der Waals surface area contributed by atoms with Crippen LogP contribution in [0.4, 0.5) is 0 Å². The monoisotopic (exact) mass is 383 g/mol. The third-order valence-electron chi connectivity index (χ3n) is 5.49. The molecule has 4 nitrogen and oxygen atoms in total. The summed E-state index contributed by atoms with van der Waals surface area (Å²) in [6.07, 6.45) is 5.50. The average Bonchev–Trinajstić information content (AvgIpc) is 3.18. The molecular weight excluding hydrogens is 369 g/mol. The molecule has 1 spiro atoms. The number of aromatic nitrogens is 2. The number of rotatable bonds is 2. The highest BCUT2D eigenvalue weighted by Gasteiger charge is 2.52. The van der Waals surface area contributed by atoms with Crippen LogP contribution in [0.25, 0.3) is 11.3 Å². The van der Waals surface area contributed by atoms with Crippen LogP contribution in [-0.2, 0) is 5.54 Å². The Balaban J connectivity index is 1.38. The Hall–Kier alpha value is -2.30. The number of carbonyl (C=O) groups excluding carboxylic acids is 1. The second-order valence-electron chi connectivity index (χ2n) is 6.93. The van der Waals surface area contributed by atoms with Gasteiger partial charge in [-0.1, -0.05) is 47.5 Å². The lowest BCUT2D eigenvalue weighted by Gasteiger charge is -2.47. The molecule has 1 amide bonds. The summed E-state index contributed by atoms with van der Waals surface area (Å²) in [4.78, 5) is 16.8. The number of nitrogens with one attached hydrogen (secondary N) is 1. The van der Waals surface area contributed by atoms with Gasteiger partial charge in [0.15, 0.2) is 0 Å². The molecule has 0 saturated heterocycles. The molecule has 6 heteroatoms. The van der Waals surface area contributed by atoms with Crippen LogP contribution in [0.3, 0.4) is 0 Å². The van der Waals surface area contributed by atoms with E-state index in [4.69, 9.17) is 23.2 Å². The Kier molecular flexibility index (Phi) is 3.43. The molecule has 1 saturated carbocycles. The number of fused-ring (bicyclic) bond motifs is 5. The van der Waals surface area contributed by atoms with Crippen LogP contribution >= 0.6 is 23.2 Å². The van der Waals surface area contributed by atoms with Crippen LogP contribution in [-0.4, -0.2) is 21.5 Å². The number of carbonyl (C=O) groups is 1. The topological polar surface area (TPSA) is 46.9 Å². The van der Waals surface area contributed by atoms with Gasteiger partial charge in [0, 0.05) is 17.2 Å². The van der Waals surface area contributed by atoms with Gasteiger partial charge in [0.05, 0.1) is 33.8 Å². The van der Waals surface area contributed by atoms with E-state index < -0.39 is 0 Å². The fraction of sp³-hybridized carbons (Fsp3) is 0.200. The molecule has 1 aliphatic heterocycles. The molecular formula is C20H15Cl2N3O. The first-order chi connectivity index (χ1) is 12.6. The SMILES string of the molecule is O=C(NC1CC2(C1)c1ccccc1-c1cncn12)c1ccc(Cl)c(Cl)c1. The maximum atomic E-state index is 12.5. The second kappa shape index (κ2) is 5.60. The summed E-state index contributed by atoms with van der Waals surface area (Å²) >= 11 is 11.9. The summed E-state index contributed by atoms with van der Waals surface area (Å²) in [5, 5.41) is 3.94. The van der Waals surface area contributed by atoms with E-state index in [1.165, 1.54) is 11.1 Å². The number of amides is 1. The van der Waals surface area contributed by atoms with Crippen molar-refractivity contribution in [2.75, 3.05) is 0 Å². The molecule has 0 bridgehead atoms. The molecule has 3 aromatic rings. The van der Waals surface area contributed by atoms with Gasteiger partial charge in [-0.2, -0.15) is 0 Å². The summed E-state index contributed by atoms with van der Waals surface area (Å²) in [5.74, 6) is -0.124. The van der Waals surface area contributed by atoms with E-state index in [2.05, 4.69) is 39.1 Å². The minimum absolute atomic E-state index is 0.0992. The van der Waals surface area contributed by atoms with Crippen LogP contribution in [0.5, 0.6) is 0 Å². The highest BCUT2D eigenvalue weighted by molar-refractivity contribution is 6.42. The predicted octanol–water partition coefficient (Wildman–Crippen LogP) is 4.51. The smallest absolute Gasteiger partial charge is 0.251 e. The zero-order valence-electron chi connectivity index (χ0n) is 13.7. The second-order valence-corrected chi connectivity index (χ2v) is 7.75. The highest BCUT2D eigenvalue weighted by Crippen LogP contribution is 2.54. The number of hydrogen-bond acceptors (Lipinski definition) is 2. The quantitative estimate of drug-likeness (QED) is 0.707. The molecule has 5 rings (SSSR count). The molecule has 130 valence electrons. The molecule has 0 atom stereocenters. The van der Waals surface area contributed by atoms with Gasteiger partial charge in [-0.15, -0.1) is 0 Å². The number of halogens is 2. The minimum Gasteiger partial charge on any atom is -0.349 e. The average molecular weight is 384 g/mol. The third kappa shape index (κ3) is 2.15. The molecule has 26 heavy (non-hydrogen) atoms. The third-order valence-corrected chi connectivity index (χ3v) is 6.23. The fourth-order valence-corrected chi connectivity index (χ4v) is 4.56.